The fourth-order valence-electron chi connectivity index (χ4n) is 0.731. The molecule has 0 saturated heterocycles. The van der Waals surface area contributed by atoms with Gasteiger partial charge in [-0.15, -0.1) is 0 Å². The first-order valence-electron chi connectivity index (χ1n) is 2.97. The summed E-state index contributed by atoms with van der Waals surface area (Å²) in [6.07, 6.45) is 0. The van der Waals surface area contributed by atoms with Crippen LogP contribution < -0.4 is 29.6 Å². The summed E-state index contributed by atoms with van der Waals surface area (Å²) in [6, 6.07) is 1.46. The zero-order valence-corrected chi connectivity index (χ0v) is 11.2. The minimum absolute atomic E-state index is 0. The second kappa shape index (κ2) is 5.51. The van der Waals surface area contributed by atoms with Crippen LogP contribution in [0.25, 0.3) is 0 Å². The van der Waals surface area contributed by atoms with Gasteiger partial charge in [0.25, 0.3) is 0 Å². The van der Waals surface area contributed by atoms with Crippen molar-refractivity contribution in [1.82, 2.24) is 9.78 Å². The minimum atomic E-state index is -2.20. The van der Waals surface area contributed by atoms with Crippen LogP contribution in [0.4, 0.5) is 0 Å². The van der Waals surface area contributed by atoms with Crippen molar-refractivity contribution in [1.29, 1.82) is 0 Å². The summed E-state index contributed by atoms with van der Waals surface area (Å²) in [5, 5.41) is 4.10. The SMILES string of the molecule is CCn1nc(Br)cc1S(=O)[O-].[Na+]. The second-order valence-corrected chi connectivity index (χ2v) is 3.56. The fourth-order valence-corrected chi connectivity index (χ4v) is 1.84. The normalized spacial score (nSPS) is 12.2. The van der Waals surface area contributed by atoms with E-state index in [1.165, 1.54) is 10.7 Å². The van der Waals surface area contributed by atoms with Crippen LogP contribution in [0.1, 0.15) is 6.92 Å². The molecule has 62 valence electrons. The number of rotatable bonds is 2. The van der Waals surface area contributed by atoms with Crippen LogP contribution in [-0.4, -0.2) is 18.5 Å². The number of hydrogen-bond acceptors (Lipinski definition) is 3. The number of nitrogens with zero attached hydrogens (tertiary/aromatic N) is 2. The summed E-state index contributed by atoms with van der Waals surface area (Å²) in [5.74, 6) is 0. The van der Waals surface area contributed by atoms with E-state index in [0.29, 0.717) is 11.1 Å². The van der Waals surface area contributed by atoms with E-state index in [1.54, 1.807) is 0 Å². The molecule has 0 spiro atoms. The van der Waals surface area contributed by atoms with Crippen molar-refractivity contribution in [3.63, 3.8) is 0 Å². The van der Waals surface area contributed by atoms with Gasteiger partial charge in [-0.2, -0.15) is 5.10 Å². The van der Waals surface area contributed by atoms with Crippen molar-refractivity contribution >= 4 is 27.0 Å². The molecule has 0 aromatic carbocycles. The smallest absolute Gasteiger partial charge is 0.767 e. The largest absolute Gasteiger partial charge is 1.00 e. The molecule has 0 aliphatic heterocycles. The van der Waals surface area contributed by atoms with Gasteiger partial charge < -0.3 is 4.55 Å². The topological polar surface area (TPSA) is 58.0 Å². The molecule has 4 nitrogen and oxygen atoms in total. The van der Waals surface area contributed by atoms with E-state index < -0.39 is 11.1 Å². The molecular formula is C5H6BrN2NaO2S. The van der Waals surface area contributed by atoms with E-state index >= 15 is 0 Å². The van der Waals surface area contributed by atoms with Gasteiger partial charge >= 0.3 is 29.6 Å². The van der Waals surface area contributed by atoms with Crippen LogP contribution in [0, 0.1) is 0 Å². The molecule has 0 fully saturated rings. The van der Waals surface area contributed by atoms with Crippen molar-refractivity contribution in [3.8, 4) is 0 Å². The van der Waals surface area contributed by atoms with Crippen molar-refractivity contribution in [2.45, 2.75) is 18.5 Å². The van der Waals surface area contributed by atoms with Crippen LogP contribution in [-0.2, 0) is 17.6 Å². The minimum Gasteiger partial charge on any atom is -0.767 e. The summed E-state index contributed by atoms with van der Waals surface area (Å²) >= 11 is 0.888. The predicted molar refractivity (Wildman–Crippen MR) is 42.8 cm³/mol. The monoisotopic (exact) mass is 260 g/mol. The molecule has 0 aliphatic rings. The Morgan fingerprint density at radius 2 is 2.42 bits per heavy atom. The van der Waals surface area contributed by atoms with Crippen molar-refractivity contribution < 1.29 is 38.3 Å². The first-order chi connectivity index (χ1) is 5.15. The predicted octanol–water partition coefficient (Wildman–Crippen LogP) is -2.09. The third kappa shape index (κ3) is 2.93. The van der Waals surface area contributed by atoms with Gasteiger partial charge in [0, 0.05) is 12.6 Å². The maximum Gasteiger partial charge on any atom is 1.00 e. The molecule has 7 heteroatoms. The Labute approximate surface area is 103 Å². The van der Waals surface area contributed by atoms with Gasteiger partial charge in [-0.25, -0.2) is 0 Å². The van der Waals surface area contributed by atoms with E-state index in [4.69, 9.17) is 0 Å². The molecule has 0 N–H and O–H groups in total. The van der Waals surface area contributed by atoms with Crippen LogP contribution in [0.2, 0.25) is 0 Å². The second-order valence-electron chi connectivity index (χ2n) is 1.86. The Morgan fingerprint density at radius 3 is 2.75 bits per heavy atom. The molecule has 1 aromatic heterocycles. The fraction of sp³-hybridized carbons (Fsp3) is 0.400. The van der Waals surface area contributed by atoms with Gasteiger partial charge in [0.05, 0.1) is 0 Å². The van der Waals surface area contributed by atoms with Crippen LogP contribution >= 0.6 is 15.9 Å². The Bertz CT molecular complexity index is 291. The summed E-state index contributed by atoms with van der Waals surface area (Å²) in [6.45, 7) is 2.38. The molecule has 12 heavy (non-hydrogen) atoms. The standard InChI is InChI=1S/C5H7BrN2O2S.Na/c1-2-8-5(11(9)10)3-4(6)7-8;/h3H,2H2,1H3,(H,9,10);/q;+1/p-1. The van der Waals surface area contributed by atoms with Gasteiger partial charge in [0.15, 0.2) is 0 Å². The molecule has 0 radical (unpaired) electrons. The average molecular weight is 261 g/mol. The number of halogens is 1. The van der Waals surface area contributed by atoms with Crippen molar-refractivity contribution in [2.75, 3.05) is 0 Å². The van der Waals surface area contributed by atoms with Gasteiger partial charge in [-0.3, -0.25) is 8.89 Å². The van der Waals surface area contributed by atoms with Gasteiger partial charge in [-0.1, -0.05) is 0 Å². The molecule has 1 aromatic rings. The van der Waals surface area contributed by atoms with E-state index in [1.807, 2.05) is 6.92 Å². The summed E-state index contributed by atoms with van der Waals surface area (Å²) in [7, 11) is 0. The maximum atomic E-state index is 10.5. The molecule has 0 bridgehead atoms. The zero-order chi connectivity index (χ0) is 8.43. The first kappa shape index (κ1) is 12.8. The van der Waals surface area contributed by atoms with E-state index in [2.05, 4.69) is 21.0 Å². The quantitative estimate of drug-likeness (QED) is 0.453. The van der Waals surface area contributed by atoms with Crippen LogP contribution in [0.5, 0.6) is 0 Å². The molecule has 1 unspecified atom stereocenters. The average Bonchev–Trinajstić information content (AvgIpc) is 2.30. The summed E-state index contributed by atoms with van der Waals surface area (Å²) in [5.41, 5.74) is 0. The van der Waals surface area contributed by atoms with Gasteiger partial charge in [0.1, 0.15) is 9.63 Å². The first-order valence-corrected chi connectivity index (χ1v) is 4.84. The molecule has 1 atom stereocenters. The number of hydrogen-bond donors (Lipinski definition) is 0. The molecule has 1 heterocycles. The molecule has 0 saturated carbocycles. The Morgan fingerprint density at radius 1 is 1.83 bits per heavy atom. The van der Waals surface area contributed by atoms with Gasteiger partial charge in [-0.05, 0) is 33.9 Å². The van der Waals surface area contributed by atoms with E-state index in [0.717, 1.165) is 0 Å². The Balaban J connectivity index is 0.00000121. The zero-order valence-electron chi connectivity index (χ0n) is 6.78. The van der Waals surface area contributed by atoms with E-state index in [9.17, 15) is 8.76 Å². The maximum absolute atomic E-state index is 10.5. The van der Waals surface area contributed by atoms with Crippen LogP contribution in [0.3, 0.4) is 0 Å². The molecule has 1 rings (SSSR count). The third-order valence-corrected chi connectivity index (χ3v) is 2.24. The Hall–Kier alpha value is 0.800. The van der Waals surface area contributed by atoms with Crippen LogP contribution in [0.15, 0.2) is 15.7 Å². The molecule has 0 amide bonds. The number of aromatic nitrogens is 2. The van der Waals surface area contributed by atoms with Crippen molar-refractivity contribution in [3.05, 3.63) is 10.7 Å². The van der Waals surface area contributed by atoms with E-state index in [-0.39, 0.29) is 34.6 Å². The van der Waals surface area contributed by atoms with Crippen molar-refractivity contribution in [2.24, 2.45) is 0 Å². The summed E-state index contributed by atoms with van der Waals surface area (Å²) < 4.78 is 23.0. The molecule has 0 aliphatic carbocycles. The Kier molecular flexibility index (Phi) is 5.88. The van der Waals surface area contributed by atoms with Gasteiger partial charge in [0.2, 0.25) is 0 Å². The number of aryl methyl sites for hydroxylation is 1. The summed E-state index contributed by atoms with van der Waals surface area (Å²) in [4.78, 5) is 0. The third-order valence-electron chi connectivity index (χ3n) is 1.18. The molecular weight excluding hydrogens is 255 g/mol.